The number of nitriles is 1. The molecule has 2 aromatic rings. The van der Waals surface area contributed by atoms with Crippen LogP contribution in [0.3, 0.4) is 0 Å². The number of aromatic nitrogens is 2. The maximum Gasteiger partial charge on any atom is 0.125 e. The van der Waals surface area contributed by atoms with Crippen molar-refractivity contribution in [1.82, 2.24) is 10.2 Å². The molecule has 0 aliphatic rings. The van der Waals surface area contributed by atoms with Crippen LogP contribution in [0.15, 0.2) is 12.1 Å². The van der Waals surface area contributed by atoms with Crippen LogP contribution in [0.4, 0.5) is 0 Å². The van der Waals surface area contributed by atoms with Crippen molar-refractivity contribution in [2.75, 3.05) is 6.61 Å². The van der Waals surface area contributed by atoms with Gasteiger partial charge >= 0.3 is 0 Å². The van der Waals surface area contributed by atoms with E-state index in [9.17, 15) is 0 Å². The van der Waals surface area contributed by atoms with Gasteiger partial charge in [0.2, 0.25) is 0 Å². The number of hydrogen-bond acceptors (Lipinski definition) is 5. The van der Waals surface area contributed by atoms with Gasteiger partial charge in [-0.2, -0.15) is 5.26 Å². The molecule has 5 heteroatoms. The third-order valence-electron chi connectivity index (χ3n) is 3.18. The minimum Gasteiger partial charge on any atom is -0.493 e. The molecule has 4 nitrogen and oxygen atoms in total. The standard InChI is InChI=1S/C16H19N3OS/c1-4-14-18-19-15(21-14)6-5-7-20-16-11(2)8-13(10-17)9-12(16)3/h8-9H,4-7H2,1-3H3. The summed E-state index contributed by atoms with van der Waals surface area (Å²) in [5.74, 6) is 0.889. The summed E-state index contributed by atoms with van der Waals surface area (Å²) in [6.45, 7) is 6.68. The average molecular weight is 301 g/mol. The predicted octanol–water partition coefficient (Wildman–Crippen LogP) is 3.60. The molecule has 2 rings (SSSR count). The van der Waals surface area contributed by atoms with E-state index in [2.05, 4.69) is 23.2 Å². The minimum atomic E-state index is 0.647. The monoisotopic (exact) mass is 301 g/mol. The molecule has 0 aliphatic carbocycles. The van der Waals surface area contributed by atoms with E-state index in [0.717, 1.165) is 46.2 Å². The van der Waals surface area contributed by atoms with Crippen molar-refractivity contribution in [1.29, 1.82) is 5.26 Å². The van der Waals surface area contributed by atoms with Crippen molar-refractivity contribution >= 4 is 11.3 Å². The summed E-state index contributed by atoms with van der Waals surface area (Å²) in [5, 5.41) is 19.4. The van der Waals surface area contributed by atoms with Crippen LogP contribution in [0.25, 0.3) is 0 Å². The predicted molar refractivity (Wildman–Crippen MR) is 83.7 cm³/mol. The molecule has 0 unspecified atom stereocenters. The summed E-state index contributed by atoms with van der Waals surface area (Å²) in [5.41, 5.74) is 2.70. The first-order valence-corrected chi connectivity index (χ1v) is 7.91. The van der Waals surface area contributed by atoms with Crippen molar-refractivity contribution in [2.24, 2.45) is 0 Å². The molecular weight excluding hydrogens is 282 g/mol. The smallest absolute Gasteiger partial charge is 0.125 e. The first kappa shape index (κ1) is 15.5. The molecule has 1 heterocycles. The van der Waals surface area contributed by atoms with E-state index in [-0.39, 0.29) is 0 Å². The number of benzene rings is 1. The Balaban J connectivity index is 1.88. The maximum atomic E-state index is 8.94. The van der Waals surface area contributed by atoms with Crippen molar-refractivity contribution in [3.63, 3.8) is 0 Å². The summed E-state index contributed by atoms with van der Waals surface area (Å²) >= 11 is 1.68. The van der Waals surface area contributed by atoms with E-state index in [0.29, 0.717) is 12.2 Å². The van der Waals surface area contributed by atoms with Crippen LogP contribution in [0, 0.1) is 25.2 Å². The van der Waals surface area contributed by atoms with E-state index < -0.39 is 0 Å². The van der Waals surface area contributed by atoms with Gasteiger partial charge in [-0.3, -0.25) is 0 Å². The fourth-order valence-electron chi connectivity index (χ4n) is 2.17. The number of ether oxygens (including phenoxy) is 1. The van der Waals surface area contributed by atoms with E-state index in [1.54, 1.807) is 11.3 Å². The molecule has 0 radical (unpaired) electrons. The summed E-state index contributed by atoms with van der Waals surface area (Å²) in [6.07, 6.45) is 2.75. The Hall–Kier alpha value is -1.93. The third kappa shape index (κ3) is 4.02. The largest absolute Gasteiger partial charge is 0.493 e. The Morgan fingerprint density at radius 2 is 1.86 bits per heavy atom. The van der Waals surface area contributed by atoms with Gasteiger partial charge in [0.05, 0.1) is 18.2 Å². The zero-order chi connectivity index (χ0) is 15.2. The fourth-order valence-corrected chi connectivity index (χ4v) is 3.00. The van der Waals surface area contributed by atoms with Gasteiger partial charge in [-0.25, -0.2) is 0 Å². The molecular formula is C16H19N3OS. The van der Waals surface area contributed by atoms with Crippen LogP contribution in [0.5, 0.6) is 5.75 Å². The van der Waals surface area contributed by atoms with Gasteiger partial charge in [0.1, 0.15) is 15.8 Å². The normalized spacial score (nSPS) is 10.4. The molecule has 0 N–H and O–H groups in total. The lowest BCUT2D eigenvalue weighted by molar-refractivity contribution is 0.307. The van der Waals surface area contributed by atoms with Gasteiger partial charge in [-0.05, 0) is 49.9 Å². The van der Waals surface area contributed by atoms with Crippen LogP contribution in [-0.4, -0.2) is 16.8 Å². The summed E-state index contributed by atoms with van der Waals surface area (Å²) in [7, 11) is 0. The highest BCUT2D eigenvalue weighted by molar-refractivity contribution is 7.11. The minimum absolute atomic E-state index is 0.647. The van der Waals surface area contributed by atoms with Crippen LogP contribution >= 0.6 is 11.3 Å². The molecule has 0 saturated heterocycles. The van der Waals surface area contributed by atoms with Gasteiger partial charge < -0.3 is 4.74 Å². The summed E-state index contributed by atoms with van der Waals surface area (Å²) in [4.78, 5) is 0. The SMILES string of the molecule is CCc1nnc(CCCOc2c(C)cc(C#N)cc2C)s1. The van der Waals surface area contributed by atoms with Crippen molar-refractivity contribution in [2.45, 2.75) is 40.0 Å². The number of rotatable bonds is 6. The molecule has 0 aliphatic heterocycles. The molecule has 0 saturated carbocycles. The maximum absolute atomic E-state index is 8.94. The lowest BCUT2D eigenvalue weighted by Gasteiger charge is -2.12. The number of hydrogen-bond donors (Lipinski definition) is 0. The highest BCUT2D eigenvalue weighted by atomic mass is 32.1. The zero-order valence-electron chi connectivity index (χ0n) is 12.6. The van der Waals surface area contributed by atoms with Crippen LogP contribution < -0.4 is 4.74 Å². The number of aryl methyl sites for hydroxylation is 4. The van der Waals surface area contributed by atoms with Gasteiger partial charge in [0.25, 0.3) is 0 Å². The Labute approximate surface area is 129 Å². The number of nitrogens with zero attached hydrogens (tertiary/aromatic N) is 3. The highest BCUT2D eigenvalue weighted by Gasteiger charge is 2.07. The lowest BCUT2D eigenvalue weighted by Crippen LogP contribution is -2.02. The molecule has 0 spiro atoms. The van der Waals surface area contributed by atoms with Crippen LogP contribution in [0.2, 0.25) is 0 Å². The fraction of sp³-hybridized carbons (Fsp3) is 0.438. The van der Waals surface area contributed by atoms with E-state index in [4.69, 9.17) is 10.00 Å². The van der Waals surface area contributed by atoms with E-state index in [1.807, 2.05) is 26.0 Å². The summed E-state index contributed by atoms with van der Waals surface area (Å²) < 4.78 is 5.87. The Bertz CT molecular complexity index is 635. The average Bonchev–Trinajstić information content (AvgIpc) is 2.93. The first-order chi connectivity index (χ1) is 10.1. The highest BCUT2D eigenvalue weighted by Crippen LogP contribution is 2.24. The quantitative estimate of drug-likeness (QED) is 0.765. The van der Waals surface area contributed by atoms with Crippen molar-refractivity contribution in [3.8, 4) is 11.8 Å². The molecule has 0 bridgehead atoms. The molecule has 0 amide bonds. The van der Waals surface area contributed by atoms with Gasteiger partial charge in [0, 0.05) is 6.42 Å². The Morgan fingerprint density at radius 3 is 2.43 bits per heavy atom. The molecule has 0 fully saturated rings. The molecule has 1 aromatic carbocycles. The van der Waals surface area contributed by atoms with Crippen molar-refractivity contribution in [3.05, 3.63) is 38.8 Å². The van der Waals surface area contributed by atoms with Gasteiger partial charge in [-0.15, -0.1) is 21.5 Å². The summed E-state index contributed by atoms with van der Waals surface area (Å²) in [6, 6.07) is 5.89. The first-order valence-electron chi connectivity index (χ1n) is 7.09. The van der Waals surface area contributed by atoms with Gasteiger partial charge in [-0.1, -0.05) is 6.92 Å². The molecule has 0 atom stereocenters. The van der Waals surface area contributed by atoms with Crippen LogP contribution in [0.1, 0.15) is 40.1 Å². The second kappa shape index (κ2) is 7.19. The van der Waals surface area contributed by atoms with Gasteiger partial charge in [0.15, 0.2) is 0 Å². The Morgan fingerprint density at radius 1 is 1.19 bits per heavy atom. The van der Waals surface area contributed by atoms with E-state index in [1.165, 1.54) is 0 Å². The lowest BCUT2D eigenvalue weighted by atomic mass is 10.1. The second-order valence-electron chi connectivity index (χ2n) is 4.95. The van der Waals surface area contributed by atoms with Crippen molar-refractivity contribution < 1.29 is 4.74 Å². The molecule has 21 heavy (non-hydrogen) atoms. The second-order valence-corrected chi connectivity index (χ2v) is 6.09. The Kier molecular flexibility index (Phi) is 5.29. The van der Waals surface area contributed by atoms with E-state index >= 15 is 0 Å². The molecule has 110 valence electrons. The topological polar surface area (TPSA) is 58.8 Å². The van der Waals surface area contributed by atoms with Crippen LogP contribution in [-0.2, 0) is 12.8 Å². The zero-order valence-corrected chi connectivity index (χ0v) is 13.5. The third-order valence-corrected chi connectivity index (χ3v) is 4.31. The molecule has 1 aromatic heterocycles.